The number of aromatic nitrogens is 4. The maximum Gasteiger partial charge on any atom is 0.230 e. The fraction of sp³-hybridized carbons (Fsp3) is 0.417. The largest absolute Gasteiger partial charge is 0.474 e. The summed E-state index contributed by atoms with van der Waals surface area (Å²) in [6.07, 6.45) is 6.51. The van der Waals surface area contributed by atoms with E-state index in [-0.39, 0.29) is 17.8 Å². The monoisotopic (exact) mass is 451 g/mol. The number of nitrogens with one attached hydrogen (secondary N) is 1. The van der Waals surface area contributed by atoms with E-state index >= 15 is 0 Å². The lowest BCUT2D eigenvalue weighted by Gasteiger charge is -2.15. The van der Waals surface area contributed by atoms with Crippen molar-refractivity contribution in [1.82, 2.24) is 25.1 Å². The molecule has 4 rings (SSSR count). The van der Waals surface area contributed by atoms with E-state index in [0.29, 0.717) is 12.4 Å². The van der Waals surface area contributed by atoms with Gasteiger partial charge in [0.25, 0.3) is 0 Å². The third kappa shape index (κ3) is 5.30. The smallest absolute Gasteiger partial charge is 0.230 e. The second kappa shape index (κ2) is 10.6. The van der Waals surface area contributed by atoms with Crippen molar-refractivity contribution in [2.75, 3.05) is 5.75 Å². The molecule has 1 aromatic carbocycles. The third-order valence-electron chi connectivity index (χ3n) is 5.66. The van der Waals surface area contributed by atoms with Gasteiger partial charge in [0.1, 0.15) is 6.10 Å². The first kappa shape index (κ1) is 22.3. The van der Waals surface area contributed by atoms with Crippen molar-refractivity contribution in [1.29, 1.82) is 0 Å². The van der Waals surface area contributed by atoms with Gasteiger partial charge in [0.15, 0.2) is 11.0 Å². The molecule has 2 aromatic heterocycles. The van der Waals surface area contributed by atoms with Gasteiger partial charge in [-0.1, -0.05) is 42.1 Å². The second-order valence-corrected chi connectivity index (χ2v) is 8.87. The molecule has 1 aliphatic rings. The molecule has 1 amide bonds. The summed E-state index contributed by atoms with van der Waals surface area (Å²) < 4.78 is 8.11. The fourth-order valence-electron chi connectivity index (χ4n) is 3.91. The van der Waals surface area contributed by atoms with Gasteiger partial charge in [-0.25, -0.2) is 4.98 Å². The van der Waals surface area contributed by atoms with Crippen LogP contribution in [0, 0.1) is 6.92 Å². The van der Waals surface area contributed by atoms with Crippen molar-refractivity contribution in [3.05, 3.63) is 53.7 Å². The molecule has 1 N–H and O–H groups in total. The van der Waals surface area contributed by atoms with E-state index in [1.807, 2.05) is 30.3 Å². The van der Waals surface area contributed by atoms with Crippen LogP contribution in [0.25, 0.3) is 11.4 Å². The summed E-state index contributed by atoms with van der Waals surface area (Å²) in [6.45, 7) is 5.25. The van der Waals surface area contributed by atoms with Crippen molar-refractivity contribution >= 4 is 17.7 Å². The Morgan fingerprint density at radius 2 is 2.00 bits per heavy atom. The molecule has 8 heteroatoms. The summed E-state index contributed by atoms with van der Waals surface area (Å²) in [5.74, 6) is 1.66. The highest BCUT2D eigenvalue weighted by Gasteiger charge is 2.19. The van der Waals surface area contributed by atoms with Crippen LogP contribution < -0.4 is 10.1 Å². The molecular formula is C24H29N5O2S. The molecule has 0 unspecified atom stereocenters. The van der Waals surface area contributed by atoms with E-state index in [9.17, 15) is 4.79 Å². The van der Waals surface area contributed by atoms with Crippen LogP contribution >= 0.6 is 11.8 Å². The van der Waals surface area contributed by atoms with Gasteiger partial charge in [0.2, 0.25) is 11.8 Å². The Balaban J connectivity index is 1.35. The molecule has 0 bridgehead atoms. The molecule has 0 spiro atoms. The van der Waals surface area contributed by atoms with E-state index in [0.717, 1.165) is 47.1 Å². The van der Waals surface area contributed by atoms with Gasteiger partial charge < -0.3 is 14.6 Å². The fourth-order valence-corrected chi connectivity index (χ4v) is 4.74. The van der Waals surface area contributed by atoms with Crippen LogP contribution in [-0.4, -0.2) is 37.5 Å². The first-order valence-electron chi connectivity index (χ1n) is 11.1. The predicted molar refractivity (Wildman–Crippen MR) is 126 cm³/mol. The summed E-state index contributed by atoms with van der Waals surface area (Å²) in [5, 5.41) is 12.4. The van der Waals surface area contributed by atoms with Gasteiger partial charge in [-0.15, -0.1) is 10.2 Å². The standard InChI is InChI=1S/C24H29N5O2S/c1-3-29-22(20-13-7-4-9-17(20)2)27-28-24(29)32-16-21(30)26-15-18-10-8-14-25-23(18)31-19-11-5-6-12-19/h4,7-10,13-14,19H,3,5-6,11-12,15-16H2,1-2H3,(H,26,30). The predicted octanol–water partition coefficient (Wildman–Crippen LogP) is 4.40. The lowest BCUT2D eigenvalue weighted by atomic mass is 10.1. The molecule has 0 aliphatic heterocycles. The average molecular weight is 452 g/mol. The molecule has 32 heavy (non-hydrogen) atoms. The number of ether oxygens (including phenoxy) is 1. The zero-order valence-electron chi connectivity index (χ0n) is 18.6. The lowest BCUT2D eigenvalue weighted by molar-refractivity contribution is -0.118. The SMILES string of the molecule is CCn1c(SCC(=O)NCc2cccnc2OC2CCCC2)nnc1-c1ccccc1C. The van der Waals surface area contributed by atoms with Crippen LogP contribution in [0.2, 0.25) is 0 Å². The van der Waals surface area contributed by atoms with E-state index in [1.165, 1.54) is 24.6 Å². The molecule has 1 saturated carbocycles. The Kier molecular flexibility index (Phi) is 7.42. The number of carbonyl (C=O) groups excluding carboxylic acids is 1. The minimum absolute atomic E-state index is 0.0613. The summed E-state index contributed by atoms with van der Waals surface area (Å²) >= 11 is 1.40. The molecule has 7 nitrogen and oxygen atoms in total. The first-order valence-corrected chi connectivity index (χ1v) is 12.1. The van der Waals surface area contributed by atoms with Gasteiger partial charge in [-0.05, 0) is 51.2 Å². The molecule has 1 aliphatic carbocycles. The number of amides is 1. The number of carbonyl (C=O) groups is 1. The number of thioether (sulfide) groups is 1. The Labute approximate surface area is 193 Å². The Morgan fingerprint density at radius 3 is 2.78 bits per heavy atom. The van der Waals surface area contributed by atoms with E-state index in [2.05, 4.69) is 45.0 Å². The third-order valence-corrected chi connectivity index (χ3v) is 6.62. The maximum atomic E-state index is 12.5. The maximum absolute atomic E-state index is 12.5. The van der Waals surface area contributed by atoms with Gasteiger partial charge in [0, 0.05) is 30.4 Å². The molecular weight excluding hydrogens is 422 g/mol. The highest BCUT2D eigenvalue weighted by molar-refractivity contribution is 7.99. The highest BCUT2D eigenvalue weighted by atomic mass is 32.2. The summed E-state index contributed by atoms with van der Waals surface area (Å²) in [4.78, 5) is 16.9. The topological polar surface area (TPSA) is 81.9 Å². The quantitative estimate of drug-likeness (QED) is 0.486. The zero-order chi connectivity index (χ0) is 22.3. The number of rotatable bonds is 9. The number of nitrogens with zero attached hydrogens (tertiary/aromatic N) is 4. The molecule has 0 atom stereocenters. The normalized spacial score (nSPS) is 13.9. The number of hydrogen-bond donors (Lipinski definition) is 1. The van der Waals surface area contributed by atoms with Crippen molar-refractivity contribution in [3.63, 3.8) is 0 Å². The lowest BCUT2D eigenvalue weighted by Crippen LogP contribution is -2.25. The first-order chi connectivity index (χ1) is 15.7. The molecule has 0 saturated heterocycles. The number of aryl methyl sites for hydroxylation is 1. The highest BCUT2D eigenvalue weighted by Crippen LogP contribution is 2.27. The van der Waals surface area contributed by atoms with Gasteiger partial charge >= 0.3 is 0 Å². The minimum atomic E-state index is -0.0613. The summed E-state index contributed by atoms with van der Waals surface area (Å²) in [6, 6.07) is 11.9. The Morgan fingerprint density at radius 1 is 1.19 bits per heavy atom. The Bertz CT molecular complexity index is 1060. The number of hydrogen-bond acceptors (Lipinski definition) is 6. The van der Waals surface area contributed by atoms with Crippen LogP contribution in [0.3, 0.4) is 0 Å². The van der Waals surface area contributed by atoms with E-state index in [1.54, 1.807) is 6.20 Å². The molecule has 3 aromatic rings. The number of benzene rings is 1. The molecule has 168 valence electrons. The average Bonchev–Trinajstić information content (AvgIpc) is 3.47. The van der Waals surface area contributed by atoms with Crippen LogP contribution in [0.15, 0.2) is 47.8 Å². The van der Waals surface area contributed by atoms with Crippen molar-refractivity contribution in [3.8, 4) is 17.3 Å². The van der Waals surface area contributed by atoms with Crippen molar-refractivity contribution in [2.24, 2.45) is 0 Å². The van der Waals surface area contributed by atoms with E-state index < -0.39 is 0 Å². The van der Waals surface area contributed by atoms with Gasteiger partial charge in [0.05, 0.1) is 5.75 Å². The molecule has 2 heterocycles. The molecule has 1 fully saturated rings. The van der Waals surface area contributed by atoms with Gasteiger partial charge in [-0.3, -0.25) is 4.79 Å². The second-order valence-electron chi connectivity index (χ2n) is 7.92. The van der Waals surface area contributed by atoms with Crippen LogP contribution in [0.1, 0.15) is 43.7 Å². The van der Waals surface area contributed by atoms with Crippen LogP contribution in [0.5, 0.6) is 5.88 Å². The van der Waals surface area contributed by atoms with Crippen molar-refractivity contribution in [2.45, 2.75) is 63.9 Å². The van der Waals surface area contributed by atoms with Gasteiger partial charge in [-0.2, -0.15) is 0 Å². The summed E-state index contributed by atoms with van der Waals surface area (Å²) in [5.41, 5.74) is 3.11. The summed E-state index contributed by atoms with van der Waals surface area (Å²) in [7, 11) is 0. The van der Waals surface area contributed by atoms with E-state index in [4.69, 9.17) is 4.74 Å². The van der Waals surface area contributed by atoms with Crippen LogP contribution in [-0.2, 0) is 17.9 Å². The molecule has 0 radical (unpaired) electrons. The zero-order valence-corrected chi connectivity index (χ0v) is 19.4. The van der Waals surface area contributed by atoms with Crippen molar-refractivity contribution < 1.29 is 9.53 Å². The minimum Gasteiger partial charge on any atom is -0.474 e. The Hall–Kier alpha value is -2.87. The number of pyridine rings is 1. The van der Waals surface area contributed by atoms with Crippen LogP contribution in [0.4, 0.5) is 0 Å².